The van der Waals surface area contributed by atoms with Crippen LogP contribution < -0.4 is 0 Å². The minimum atomic E-state index is -4.48. The third-order valence-electron chi connectivity index (χ3n) is 2.97. The van der Waals surface area contributed by atoms with Crippen LogP contribution in [0.2, 0.25) is 4.34 Å². The minimum Gasteiger partial charge on any atom is -0.305 e. The lowest BCUT2D eigenvalue weighted by molar-refractivity contribution is -0.148. The van der Waals surface area contributed by atoms with Gasteiger partial charge in [-0.25, -0.2) is 0 Å². The molecule has 0 aromatic carbocycles. The van der Waals surface area contributed by atoms with Gasteiger partial charge in [0, 0.05) is 31.2 Å². The van der Waals surface area contributed by atoms with Gasteiger partial charge in [0.15, 0.2) is 0 Å². The summed E-state index contributed by atoms with van der Waals surface area (Å²) in [6.07, 6.45) is -4.48. The second kappa shape index (κ2) is 4.93. The number of hydrogen-bond acceptors (Lipinski definition) is 6. The van der Waals surface area contributed by atoms with Crippen LogP contribution in [-0.2, 0) is 25.8 Å². The van der Waals surface area contributed by atoms with Crippen molar-refractivity contribution in [3.63, 3.8) is 0 Å². The van der Waals surface area contributed by atoms with E-state index in [2.05, 4.69) is 19.8 Å². The molecule has 0 fully saturated rings. The highest BCUT2D eigenvalue weighted by atomic mass is 35.5. The van der Waals surface area contributed by atoms with Gasteiger partial charge in [-0.2, -0.15) is 13.2 Å². The first kappa shape index (κ1) is 13.7. The normalized spacial score (nSPS) is 16.4. The first-order valence-corrected chi connectivity index (χ1v) is 6.78. The average Bonchev–Trinajstić information content (AvgIpc) is 2.95. The molecule has 0 unspecified atom stereocenters. The molecule has 3 rings (SSSR count). The summed E-state index contributed by atoms with van der Waals surface area (Å²) >= 11 is 6.99. The van der Waals surface area contributed by atoms with E-state index in [4.69, 9.17) is 11.6 Å². The van der Waals surface area contributed by atoms with Crippen LogP contribution in [0.5, 0.6) is 0 Å². The first-order valence-electron chi connectivity index (χ1n) is 5.63. The van der Waals surface area contributed by atoms with Crippen LogP contribution >= 0.6 is 23.1 Å². The standard InChI is InChI=1S/C9H8ClF3N6S/c10-7-5(14-17-20-7)3-18-1-2-19-6(4-18)15-16-8(19)9(11,12)13/h1-4H2. The zero-order chi connectivity index (χ0) is 14.3. The molecule has 2 aromatic heterocycles. The zero-order valence-electron chi connectivity index (χ0n) is 9.93. The van der Waals surface area contributed by atoms with Gasteiger partial charge in [-0.1, -0.05) is 16.1 Å². The molecule has 6 nitrogen and oxygen atoms in total. The van der Waals surface area contributed by atoms with Gasteiger partial charge in [-0.3, -0.25) is 4.90 Å². The predicted molar refractivity (Wildman–Crippen MR) is 64.1 cm³/mol. The Hall–Kier alpha value is -1.26. The third-order valence-corrected chi connectivity index (χ3v) is 3.95. The molecule has 0 bridgehead atoms. The van der Waals surface area contributed by atoms with Crippen LogP contribution in [-0.4, -0.2) is 35.8 Å². The fourth-order valence-electron chi connectivity index (χ4n) is 2.06. The number of hydrogen-bond donors (Lipinski definition) is 0. The fraction of sp³-hybridized carbons (Fsp3) is 0.556. The van der Waals surface area contributed by atoms with Gasteiger partial charge in [0.1, 0.15) is 15.9 Å². The average molecular weight is 325 g/mol. The van der Waals surface area contributed by atoms with E-state index in [1.165, 1.54) is 0 Å². The highest BCUT2D eigenvalue weighted by Gasteiger charge is 2.39. The summed E-state index contributed by atoms with van der Waals surface area (Å²) in [5.41, 5.74) is 0.626. The smallest absolute Gasteiger partial charge is 0.305 e. The van der Waals surface area contributed by atoms with E-state index >= 15 is 0 Å². The third kappa shape index (κ3) is 2.50. The van der Waals surface area contributed by atoms with Crippen LogP contribution in [0.1, 0.15) is 17.3 Å². The van der Waals surface area contributed by atoms with E-state index in [-0.39, 0.29) is 13.1 Å². The lowest BCUT2D eigenvalue weighted by atomic mass is 10.3. The van der Waals surface area contributed by atoms with Gasteiger partial charge in [0.25, 0.3) is 0 Å². The Morgan fingerprint density at radius 1 is 1.20 bits per heavy atom. The number of rotatable bonds is 2. The Kier molecular flexibility index (Phi) is 3.38. The van der Waals surface area contributed by atoms with E-state index < -0.39 is 12.0 Å². The molecule has 11 heteroatoms. The largest absolute Gasteiger partial charge is 0.451 e. The quantitative estimate of drug-likeness (QED) is 0.843. The molecule has 1 aliphatic rings. The van der Waals surface area contributed by atoms with Crippen LogP contribution in [0.25, 0.3) is 0 Å². The van der Waals surface area contributed by atoms with E-state index in [0.29, 0.717) is 28.9 Å². The molecular formula is C9H8ClF3N6S. The summed E-state index contributed by atoms with van der Waals surface area (Å²) in [4.78, 5) is 1.91. The number of halogens is 4. The zero-order valence-corrected chi connectivity index (χ0v) is 11.5. The molecule has 0 spiro atoms. The number of aromatic nitrogens is 5. The Balaban J connectivity index is 1.77. The van der Waals surface area contributed by atoms with Gasteiger partial charge in [0.05, 0.1) is 6.54 Å². The Morgan fingerprint density at radius 3 is 2.65 bits per heavy atom. The first-order chi connectivity index (χ1) is 9.45. The Bertz CT molecular complexity index is 623. The summed E-state index contributed by atoms with van der Waals surface area (Å²) in [7, 11) is 0. The molecule has 0 saturated carbocycles. The minimum absolute atomic E-state index is 0.187. The van der Waals surface area contributed by atoms with Crippen molar-refractivity contribution in [2.75, 3.05) is 6.54 Å². The maximum atomic E-state index is 12.7. The number of nitrogens with zero attached hydrogens (tertiary/aromatic N) is 6. The molecule has 2 aromatic rings. The second-order valence-corrected chi connectivity index (χ2v) is 5.65. The van der Waals surface area contributed by atoms with E-state index in [1.807, 2.05) is 4.90 Å². The van der Waals surface area contributed by atoms with E-state index in [1.54, 1.807) is 0 Å². The molecule has 3 heterocycles. The molecule has 20 heavy (non-hydrogen) atoms. The van der Waals surface area contributed by atoms with Crippen molar-refractivity contribution in [3.05, 3.63) is 21.7 Å². The van der Waals surface area contributed by atoms with E-state index in [0.717, 1.165) is 16.1 Å². The lowest BCUT2D eigenvalue weighted by Gasteiger charge is -2.27. The predicted octanol–water partition coefficient (Wildman–Crippen LogP) is 1.82. The summed E-state index contributed by atoms with van der Waals surface area (Å²) < 4.78 is 43.4. The Morgan fingerprint density at radius 2 is 2.00 bits per heavy atom. The number of alkyl halides is 3. The van der Waals surface area contributed by atoms with E-state index in [9.17, 15) is 13.2 Å². The molecule has 0 aliphatic carbocycles. The molecule has 1 aliphatic heterocycles. The summed E-state index contributed by atoms with van der Waals surface area (Å²) in [5, 5.41) is 10.7. The van der Waals surface area contributed by atoms with Crippen molar-refractivity contribution < 1.29 is 13.2 Å². The van der Waals surface area contributed by atoms with Crippen molar-refractivity contribution >= 4 is 23.1 Å². The second-order valence-electron chi connectivity index (χ2n) is 4.29. The molecule has 0 radical (unpaired) electrons. The highest BCUT2D eigenvalue weighted by Crippen LogP contribution is 2.30. The Labute approximate surface area is 120 Å². The van der Waals surface area contributed by atoms with Crippen molar-refractivity contribution in [1.82, 2.24) is 29.3 Å². The molecule has 0 N–H and O–H groups in total. The van der Waals surface area contributed by atoms with Gasteiger partial charge in [-0.05, 0) is 0 Å². The maximum Gasteiger partial charge on any atom is 0.451 e. The van der Waals surface area contributed by atoms with Gasteiger partial charge < -0.3 is 4.57 Å². The number of fused-ring (bicyclic) bond motifs is 1. The maximum absolute atomic E-state index is 12.7. The van der Waals surface area contributed by atoms with Gasteiger partial charge in [0.2, 0.25) is 5.82 Å². The molecule has 0 saturated heterocycles. The molecule has 108 valence electrons. The summed E-state index contributed by atoms with van der Waals surface area (Å²) in [5.74, 6) is -0.650. The molecular weight excluding hydrogens is 317 g/mol. The van der Waals surface area contributed by atoms with Crippen LogP contribution in [0.4, 0.5) is 13.2 Å². The highest BCUT2D eigenvalue weighted by molar-refractivity contribution is 7.10. The van der Waals surface area contributed by atoms with Crippen molar-refractivity contribution in [3.8, 4) is 0 Å². The van der Waals surface area contributed by atoms with Crippen LogP contribution in [0.15, 0.2) is 0 Å². The summed E-state index contributed by atoms with van der Waals surface area (Å²) in [6.45, 7) is 1.34. The van der Waals surface area contributed by atoms with Gasteiger partial charge >= 0.3 is 6.18 Å². The lowest BCUT2D eigenvalue weighted by Crippen LogP contribution is -2.35. The van der Waals surface area contributed by atoms with Crippen molar-refractivity contribution in [2.24, 2.45) is 0 Å². The molecule has 0 atom stereocenters. The van der Waals surface area contributed by atoms with Crippen molar-refractivity contribution in [1.29, 1.82) is 0 Å². The van der Waals surface area contributed by atoms with Crippen molar-refractivity contribution in [2.45, 2.75) is 25.8 Å². The van der Waals surface area contributed by atoms with Crippen LogP contribution in [0, 0.1) is 0 Å². The topological polar surface area (TPSA) is 59.7 Å². The van der Waals surface area contributed by atoms with Crippen LogP contribution in [0.3, 0.4) is 0 Å². The fourth-order valence-corrected chi connectivity index (χ4v) is 2.67. The SMILES string of the molecule is FC(F)(F)c1nnc2n1CCN(Cc1nnsc1Cl)C2. The molecule has 0 amide bonds. The summed E-state index contributed by atoms with van der Waals surface area (Å²) in [6, 6.07) is 0. The monoisotopic (exact) mass is 324 g/mol. The van der Waals surface area contributed by atoms with Gasteiger partial charge in [-0.15, -0.1) is 15.3 Å².